The molecule has 1 heterocycles. The molecular weight excluding hydrogens is 441 g/mol. The van der Waals surface area contributed by atoms with Gasteiger partial charge in [0.2, 0.25) is 10.0 Å². The van der Waals surface area contributed by atoms with Gasteiger partial charge in [0.25, 0.3) is 0 Å². The molecule has 0 unspecified atom stereocenters. The van der Waals surface area contributed by atoms with E-state index < -0.39 is 21.8 Å². The number of nitrogens with zero attached hydrogens (tertiary/aromatic N) is 1. The Morgan fingerprint density at radius 2 is 1.89 bits per heavy atom. The fourth-order valence-electron chi connectivity index (χ4n) is 2.63. The molecule has 0 aliphatic carbocycles. The topological polar surface area (TPSA) is 72.9 Å². The lowest BCUT2D eigenvalue weighted by Gasteiger charge is -2.26. The second-order valence-electron chi connectivity index (χ2n) is 5.96. The number of halogens is 2. The molecule has 0 atom stereocenters. The van der Waals surface area contributed by atoms with Crippen molar-refractivity contribution in [3.05, 3.63) is 57.8 Å². The lowest BCUT2D eigenvalue weighted by Crippen LogP contribution is -2.40. The van der Waals surface area contributed by atoms with E-state index in [4.69, 9.17) is 9.47 Å². The maximum atomic E-state index is 13.9. The number of rotatable bonds is 4. The summed E-state index contributed by atoms with van der Waals surface area (Å²) in [6.45, 7) is 2.80. The number of hydrogen-bond donors (Lipinski definition) is 0. The molecule has 0 saturated carbocycles. The molecule has 2 aromatic carbocycles. The van der Waals surface area contributed by atoms with Crippen molar-refractivity contribution in [1.82, 2.24) is 4.31 Å². The van der Waals surface area contributed by atoms with E-state index in [1.165, 1.54) is 40.7 Å². The Hall–Kier alpha value is -1.81. The molecule has 144 valence electrons. The normalized spacial score (nSPS) is 15.5. The van der Waals surface area contributed by atoms with E-state index in [-0.39, 0.29) is 29.3 Å². The van der Waals surface area contributed by atoms with Gasteiger partial charge >= 0.3 is 5.97 Å². The van der Waals surface area contributed by atoms with Gasteiger partial charge in [-0.2, -0.15) is 4.31 Å². The smallest absolute Gasteiger partial charge is 0.343 e. The van der Waals surface area contributed by atoms with Gasteiger partial charge in [0.05, 0.1) is 23.7 Å². The quantitative estimate of drug-likeness (QED) is 0.520. The summed E-state index contributed by atoms with van der Waals surface area (Å²) in [6.07, 6.45) is 0. The summed E-state index contributed by atoms with van der Waals surface area (Å²) in [5, 5.41) is 0. The van der Waals surface area contributed by atoms with Gasteiger partial charge in [0.15, 0.2) is 11.6 Å². The zero-order valence-corrected chi connectivity index (χ0v) is 16.8. The summed E-state index contributed by atoms with van der Waals surface area (Å²) in [5.74, 6) is -1.76. The number of aryl methyl sites for hydroxylation is 1. The van der Waals surface area contributed by atoms with Crippen molar-refractivity contribution in [3.8, 4) is 5.75 Å². The highest BCUT2D eigenvalue weighted by atomic mass is 79.9. The van der Waals surface area contributed by atoms with E-state index in [0.29, 0.717) is 23.2 Å². The van der Waals surface area contributed by atoms with E-state index in [0.717, 1.165) is 0 Å². The molecule has 2 aromatic rings. The summed E-state index contributed by atoms with van der Waals surface area (Å²) in [6, 6.07) is 8.27. The lowest BCUT2D eigenvalue weighted by atomic mass is 10.1. The van der Waals surface area contributed by atoms with Crippen LogP contribution in [0.3, 0.4) is 0 Å². The minimum absolute atomic E-state index is 0.0155. The third-order valence-electron chi connectivity index (χ3n) is 4.13. The van der Waals surface area contributed by atoms with Gasteiger partial charge in [-0.1, -0.05) is 22.0 Å². The third-order valence-corrected chi connectivity index (χ3v) is 6.52. The monoisotopic (exact) mass is 457 g/mol. The number of carbonyl (C=O) groups is 1. The van der Waals surface area contributed by atoms with Gasteiger partial charge in [-0.05, 0) is 42.8 Å². The van der Waals surface area contributed by atoms with Crippen LogP contribution in [-0.2, 0) is 14.8 Å². The molecule has 0 radical (unpaired) electrons. The molecule has 1 aliphatic heterocycles. The van der Waals surface area contributed by atoms with Crippen LogP contribution in [0.2, 0.25) is 0 Å². The number of hydrogen-bond acceptors (Lipinski definition) is 5. The van der Waals surface area contributed by atoms with Crippen LogP contribution in [0.5, 0.6) is 5.75 Å². The molecule has 1 saturated heterocycles. The minimum atomic E-state index is -3.76. The number of esters is 1. The van der Waals surface area contributed by atoms with Crippen LogP contribution in [0.1, 0.15) is 15.9 Å². The van der Waals surface area contributed by atoms with E-state index in [2.05, 4.69) is 15.9 Å². The molecule has 3 rings (SSSR count). The molecule has 1 fully saturated rings. The zero-order valence-electron chi connectivity index (χ0n) is 14.4. The summed E-state index contributed by atoms with van der Waals surface area (Å²) >= 11 is 3.13. The summed E-state index contributed by atoms with van der Waals surface area (Å²) in [5.41, 5.74) is 0.588. The van der Waals surface area contributed by atoms with Crippen molar-refractivity contribution >= 4 is 31.9 Å². The lowest BCUT2D eigenvalue weighted by molar-refractivity contribution is 0.0723. The van der Waals surface area contributed by atoms with Crippen molar-refractivity contribution in [1.29, 1.82) is 0 Å². The molecular formula is C18H17BrFNO5S. The van der Waals surface area contributed by atoms with Gasteiger partial charge in [0.1, 0.15) is 0 Å². The Morgan fingerprint density at radius 1 is 1.19 bits per heavy atom. The second-order valence-corrected chi connectivity index (χ2v) is 8.81. The van der Waals surface area contributed by atoms with Crippen LogP contribution >= 0.6 is 15.9 Å². The molecule has 1 aliphatic rings. The van der Waals surface area contributed by atoms with Crippen molar-refractivity contribution in [2.75, 3.05) is 26.3 Å². The average molecular weight is 458 g/mol. The molecule has 0 amide bonds. The molecule has 0 aromatic heterocycles. The highest BCUT2D eigenvalue weighted by Crippen LogP contribution is 2.25. The Balaban J connectivity index is 1.89. The number of sulfonamides is 1. The van der Waals surface area contributed by atoms with Gasteiger partial charge < -0.3 is 9.47 Å². The standard InChI is InChI=1S/C18H17BrFNO5S/c1-12-2-4-14(27(23,24)21-6-8-25-9-7-21)11-15(12)18(22)26-17-5-3-13(19)10-16(17)20/h2-5,10-11H,6-9H2,1H3. The Labute approximate surface area is 165 Å². The molecule has 27 heavy (non-hydrogen) atoms. The van der Waals surface area contributed by atoms with Gasteiger partial charge in [-0.15, -0.1) is 0 Å². The van der Waals surface area contributed by atoms with Crippen molar-refractivity contribution in [2.24, 2.45) is 0 Å². The summed E-state index contributed by atoms with van der Waals surface area (Å²) < 4.78 is 51.6. The van der Waals surface area contributed by atoms with Crippen LogP contribution in [-0.4, -0.2) is 45.0 Å². The predicted octanol–water partition coefficient (Wildman–Crippen LogP) is 3.14. The maximum Gasteiger partial charge on any atom is 0.343 e. The minimum Gasteiger partial charge on any atom is -0.420 e. The summed E-state index contributed by atoms with van der Waals surface area (Å²) in [4.78, 5) is 12.5. The molecule has 0 N–H and O–H groups in total. The largest absolute Gasteiger partial charge is 0.420 e. The first-order valence-electron chi connectivity index (χ1n) is 8.15. The highest BCUT2D eigenvalue weighted by Gasteiger charge is 2.27. The molecule has 6 nitrogen and oxygen atoms in total. The van der Waals surface area contributed by atoms with E-state index >= 15 is 0 Å². The fraction of sp³-hybridized carbons (Fsp3) is 0.278. The first kappa shape index (κ1) is 19.9. The molecule has 0 spiro atoms. The first-order chi connectivity index (χ1) is 12.8. The van der Waals surface area contributed by atoms with Crippen LogP contribution in [0.15, 0.2) is 45.8 Å². The third kappa shape index (κ3) is 4.37. The average Bonchev–Trinajstić information content (AvgIpc) is 2.65. The SMILES string of the molecule is Cc1ccc(S(=O)(=O)N2CCOCC2)cc1C(=O)Oc1ccc(Br)cc1F. The van der Waals surface area contributed by atoms with E-state index in [1.807, 2.05) is 0 Å². The van der Waals surface area contributed by atoms with Crippen LogP contribution < -0.4 is 4.74 Å². The zero-order chi connectivity index (χ0) is 19.6. The first-order valence-corrected chi connectivity index (χ1v) is 10.4. The number of ether oxygens (including phenoxy) is 2. The second kappa shape index (κ2) is 8.05. The number of carbonyl (C=O) groups excluding carboxylic acids is 1. The van der Waals surface area contributed by atoms with E-state index in [9.17, 15) is 17.6 Å². The summed E-state index contributed by atoms with van der Waals surface area (Å²) in [7, 11) is -3.76. The Morgan fingerprint density at radius 3 is 2.56 bits per heavy atom. The number of benzene rings is 2. The highest BCUT2D eigenvalue weighted by molar-refractivity contribution is 9.10. The predicted molar refractivity (Wildman–Crippen MR) is 99.8 cm³/mol. The van der Waals surface area contributed by atoms with Gasteiger partial charge in [-0.3, -0.25) is 0 Å². The van der Waals surface area contributed by atoms with Crippen molar-refractivity contribution < 1.29 is 27.1 Å². The molecule has 9 heteroatoms. The Bertz CT molecular complexity index is 974. The Kier molecular flexibility index (Phi) is 5.95. The number of morpholine rings is 1. The van der Waals surface area contributed by atoms with Crippen LogP contribution in [0, 0.1) is 12.7 Å². The maximum absolute atomic E-state index is 13.9. The van der Waals surface area contributed by atoms with Crippen molar-refractivity contribution in [3.63, 3.8) is 0 Å². The van der Waals surface area contributed by atoms with Gasteiger partial charge in [-0.25, -0.2) is 17.6 Å². The van der Waals surface area contributed by atoms with Gasteiger partial charge in [0, 0.05) is 17.6 Å². The van der Waals surface area contributed by atoms with Crippen molar-refractivity contribution in [2.45, 2.75) is 11.8 Å². The fourth-order valence-corrected chi connectivity index (χ4v) is 4.40. The van der Waals surface area contributed by atoms with E-state index in [1.54, 1.807) is 6.92 Å². The van der Waals surface area contributed by atoms with Crippen LogP contribution in [0.4, 0.5) is 4.39 Å². The van der Waals surface area contributed by atoms with Crippen LogP contribution in [0.25, 0.3) is 0 Å². The molecule has 0 bridgehead atoms.